The molecule has 1 heterocycles. The van der Waals surface area contributed by atoms with Crippen LogP contribution in [0, 0.1) is 0 Å². The molecule has 0 atom stereocenters. The summed E-state index contributed by atoms with van der Waals surface area (Å²) in [6.07, 6.45) is 0. The third-order valence-corrected chi connectivity index (χ3v) is 3.94. The highest BCUT2D eigenvalue weighted by Crippen LogP contribution is 2.29. The van der Waals surface area contributed by atoms with Crippen LogP contribution in [0.3, 0.4) is 0 Å². The van der Waals surface area contributed by atoms with Gasteiger partial charge in [-0.2, -0.15) is 0 Å². The van der Waals surface area contributed by atoms with Crippen molar-refractivity contribution in [2.45, 2.75) is 25.2 Å². The van der Waals surface area contributed by atoms with Crippen molar-refractivity contribution in [3.8, 4) is 11.4 Å². The van der Waals surface area contributed by atoms with E-state index in [4.69, 9.17) is 0 Å². The fourth-order valence-electron chi connectivity index (χ4n) is 1.84. The topological polar surface area (TPSA) is 30.7 Å². The lowest BCUT2D eigenvalue weighted by atomic mass is 10.2. The van der Waals surface area contributed by atoms with Crippen LogP contribution in [0.4, 0.5) is 0 Å². The van der Waals surface area contributed by atoms with Gasteiger partial charge in [0.2, 0.25) is 0 Å². The van der Waals surface area contributed by atoms with Gasteiger partial charge in [-0.25, -0.2) is 0 Å². The van der Waals surface area contributed by atoms with Crippen LogP contribution in [0.15, 0.2) is 27.1 Å². The lowest BCUT2D eigenvalue weighted by molar-refractivity contribution is 0.586. The molecule has 0 saturated carbocycles. The van der Waals surface area contributed by atoms with Gasteiger partial charge in [0, 0.05) is 20.6 Å². The third kappa shape index (κ3) is 2.86. The summed E-state index contributed by atoms with van der Waals surface area (Å²) in [6.45, 7) is 4.26. The van der Waals surface area contributed by atoms with Gasteiger partial charge >= 0.3 is 0 Å². The van der Waals surface area contributed by atoms with Gasteiger partial charge in [0.05, 0.1) is 5.33 Å². The van der Waals surface area contributed by atoms with Crippen molar-refractivity contribution < 1.29 is 0 Å². The monoisotopic (exact) mass is 435 g/mol. The van der Waals surface area contributed by atoms with Gasteiger partial charge in [-0.3, -0.25) is 0 Å². The maximum Gasteiger partial charge on any atom is 0.164 e. The summed E-state index contributed by atoms with van der Waals surface area (Å²) in [6, 6.07) is 6.42. The Morgan fingerprint density at radius 3 is 2.22 bits per heavy atom. The van der Waals surface area contributed by atoms with Crippen molar-refractivity contribution in [3.05, 3.63) is 33.0 Å². The molecule has 96 valence electrons. The van der Waals surface area contributed by atoms with Crippen LogP contribution in [-0.4, -0.2) is 14.8 Å². The van der Waals surface area contributed by atoms with Crippen LogP contribution in [0.1, 0.15) is 25.7 Å². The molecule has 0 unspecified atom stereocenters. The number of nitrogens with zero attached hydrogens (tertiary/aromatic N) is 3. The van der Waals surface area contributed by atoms with E-state index in [1.54, 1.807) is 0 Å². The number of hydrogen-bond donors (Lipinski definition) is 0. The molecule has 0 fully saturated rings. The molecule has 1 aromatic carbocycles. The van der Waals surface area contributed by atoms with E-state index in [2.05, 4.69) is 76.4 Å². The SMILES string of the molecule is CC(C)n1c(CBr)nnc1-c1cc(Br)cc(Br)c1. The van der Waals surface area contributed by atoms with Crippen LogP contribution in [0.5, 0.6) is 0 Å². The second-order valence-electron chi connectivity index (χ2n) is 4.20. The summed E-state index contributed by atoms with van der Waals surface area (Å²) in [7, 11) is 0. The maximum absolute atomic E-state index is 4.30. The zero-order valence-corrected chi connectivity index (χ0v) is 14.8. The molecule has 0 aliphatic carbocycles. The minimum Gasteiger partial charge on any atom is -0.308 e. The Kier molecular flexibility index (Phi) is 4.61. The number of aromatic nitrogens is 3. The van der Waals surface area contributed by atoms with Crippen LogP contribution >= 0.6 is 47.8 Å². The average molecular weight is 438 g/mol. The van der Waals surface area contributed by atoms with Crippen molar-refractivity contribution in [2.75, 3.05) is 0 Å². The standard InChI is InChI=1S/C12H12Br3N3/c1-7(2)18-11(6-13)16-17-12(18)8-3-9(14)5-10(15)4-8/h3-5,7H,6H2,1-2H3. The maximum atomic E-state index is 4.30. The predicted molar refractivity (Wildman–Crippen MR) is 83.9 cm³/mol. The third-order valence-electron chi connectivity index (χ3n) is 2.52. The number of benzene rings is 1. The Labute approximate surface area is 131 Å². The highest BCUT2D eigenvalue weighted by atomic mass is 79.9. The largest absolute Gasteiger partial charge is 0.308 e. The molecule has 1 aromatic heterocycles. The Morgan fingerprint density at radius 1 is 1.11 bits per heavy atom. The summed E-state index contributed by atoms with van der Waals surface area (Å²) in [5.74, 6) is 1.83. The Bertz CT molecular complexity index is 543. The van der Waals surface area contributed by atoms with E-state index in [-0.39, 0.29) is 0 Å². The highest BCUT2D eigenvalue weighted by Gasteiger charge is 2.16. The Balaban J connectivity index is 2.60. The van der Waals surface area contributed by atoms with Crippen molar-refractivity contribution in [1.29, 1.82) is 0 Å². The molecule has 2 rings (SSSR count). The number of rotatable bonds is 3. The molecule has 0 radical (unpaired) electrons. The first-order valence-electron chi connectivity index (χ1n) is 5.49. The van der Waals surface area contributed by atoms with Gasteiger partial charge in [-0.05, 0) is 32.0 Å². The average Bonchev–Trinajstić information content (AvgIpc) is 2.71. The summed E-state index contributed by atoms with van der Waals surface area (Å²) in [5.41, 5.74) is 1.05. The first kappa shape index (κ1) is 14.2. The molecule has 3 nitrogen and oxygen atoms in total. The van der Waals surface area contributed by atoms with Gasteiger partial charge in [0.25, 0.3) is 0 Å². The highest BCUT2D eigenvalue weighted by molar-refractivity contribution is 9.11. The van der Waals surface area contributed by atoms with Gasteiger partial charge in [-0.15, -0.1) is 10.2 Å². The molecule has 0 aliphatic heterocycles. The quantitative estimate of drug-likeness (QED) is 0.636. The van der Waals surface area contributed by atoms with E-state index in [1.165, 1.54) is 0 Å². The molecular weight excluding hydrogens is 426 g/mol. The minimum absolute atomic E-state index is 0.320. The van der Waals surface area contributed by atoms with E-state index in [9.17, 15) is 0 Å². The van der Waals surface area contributed by atoms with Crippen molar-refractivity contribution in [2.24, 2.45) is 0 Å². The number of halogens is 3. The zero-order chi connectivity index (χ0) is 13.3. The van der Waals surface area contributed by atoms with E-state index in [0.717, 1.165) is 26.2 Å². The molecule has 0 bridgehead atoms. The Morgan fingerprint density at radius 2 is 1.72 bits per heavy atom. The van der Waals surface area contributed by atoms with Gasteiger partial charge in [0.1, 0.15) is 5.82 Å². The van der Waals surface area contributed by atoms with Crippen molar-refractivity contribution in [3.63, 3.8) is 0 Å². The molecular formula is C12H12Br3N3. The first-order chi connectivity index (χ1) is 8.52. The van der Waals surface area contributed by atoms with Crippen LogP contribution < -0.4 is 0 Å². The summed E-state index contributed by atoms with van der Waals surface area (Å²) in [4.78, 5) is 0. The number of alkyl halides is 1. The zero-order valence-electron chi connectivity index (χ0n) is 9.99. The second kappa shape index (κ2) is 5.84. The predicted octanol–water partition coefficient (Wildman–Crippen LogP) is 4.95. The van der Waals surface area contributed by atoms with Crippen molar-refractivity contribution >= 4 is 47.8 Å². The van der Waals surface area contributed by atoms with Crippen LogP contribution in [-0.2, 0) is 5.33 Å². The van der Waals surface area contributed by atoms with E-state index in [0.29, 0.717) is 11.4 Å². The first-order valence-corrected chi connectivity index (χ1v) is 8.20. The lowest BCUT2D eigenvalue weighted by Gasteiger charge is -2.13. The van der Waals surface area contributed by atoms with E-state index >= 15 is 0 Å². The second-order valence-corrected chi connectivity index (χ2v) is 6.59. The van der Waals surface area contributed by atoms with Gasteiger partial charge < -0.3 is 4.57 Å². The molecule has 0 aliphatic rings. The van der Waals surface area contributed by atoms with E-state index in [1.807, 2.05) is 18.2 Å². The smallest absolute Gasteiger partial charge is 0.164 e. The molecule has 6 heteroatoms. The molecule has 0 spiro atoms. The Hall–Kier alpha value is -0.200. The molecule has 2 aromatic rings. The fraction of sp³-hybridized carbons (Fsp3) is 0.333. The van der Waals surface area contributed by atoms with E-state index < -0.39 is 0 Å². The molecule has 0 saturated heterocycles. The van der Waals surface area contributed by atoms with Crippen LogP contribution in [0.2, 0.25) is 0 Å². The molecule has 0 amide bonds. The summed E-state index contributed by atoms with van der Waals surface area (Å²) >= 11 is 10.4. The van der Waals surface area contributed by atoms with Gasteiger partial charge in [0.15, 0.2) is 5.82 Å². The lowest BCUT2D eigenvalue weighted by Crippen LogP contribution is -2.06. The summed E-state index contributed by atoms with van der Waals surface area (Å²) in [5, 5.41) is 9.23. The fourth-order valence-corrected chi connectivity index (χ4v) is 3.51. The van der Waals surface area contributed by atoms with Crippen molar-refractivity contribution in [1.82, 2.24) is 14.8 Å². The minimum atomic E-state index is 0.320. The molecule has 18 heavy (non-hydrogen) atoms. The van der Waals surface area contributed by atoms with Gasteiger partial charge in [-0.1, -0.05) is 47.8 Å². The molecule has 0 N–H and O–H groups in total. The van der Waals surface area contributed by atoms with Crippen LogP contribution in [0.25, 0.3) is 11.4 Å². The summed E-state index contributed by atoms with van der Waals surface area (Å²) < 4.78 is 4.18. The number of hydrogen-bond acceptors (Lipinski definition) is 2. The normalized spacial score (nSPS) is 11.2.